The Morgan fingerprint density at radius 3 is 3.07 bits per heavy atom. The van der Waals surface area contributed by atoms with Crippen molar-refractivity contribution in [1.29, 1.82) is 0 Å². The third kappa shape index (κ3) is 2.10. The Kier molecular flexibility index (Phi) is 2.86. The monoisotopic (exact) mass is 193 g/mol. The van der Waals surface area contributed by atoms with Gasteiger partial charge in [-0.3, -0.25) is 0 Å². The van der Waals surface area contributed by atoms with Crippen LogP contribution >= 0.6 is 0 Å². The number of imidazole rings is 1. The summed E-state index contributed by atoms with van der Waals surface area (Å²) < 4.78 is 0. The first-order valence-corrected chi connectivity index (χ1v) is 3.96. The SMILES string of the molecule is C=C=CC(N)(Cc1ncc[nH]1)C(=O)O. The van der Waals surface area contributed by atoms with Gasteiger partial charge in [-0.1, -0.05) is 6.58 Å². The molecule has 0 aliphatic heterocycles. The van der Waals surface area contributed by atoms with E-state index in [0.717, 1.165) is 0 Å². The average Bonchev–Trinajstić information content (AvgIpc) is 2.56. The van der Waals surface area contributed by atoms with Crippen LogP contribution in [0, 0.1) is 0 Å². The van der Waals surface area contributed by atoms with Gasteiger partial charge in [-0.2, -0.15) is 0 Å². The topological polar surface area (TPSA) is 92.0 Å². The van der Waals surface area contributed by atoms with Gasteiger partial charge in [-0.15, -0.1) is 5.73 Å². The fourth-order valence-corrected chi connectivity index (χ4v) is 1.04. The number of H-pyrrole nitrogens is 1. The quantitative estimate of drug-likeness (QED) is 0.590. The van der Waals surface area contributed by atoms with E-state index in [-0.39, 0.29) is 6.42 Å². The van der Waals surface area contributed by atoms with Crippen molar-refractivity contribution in [2.24, 2.45) is 5.73 Å². The molecule has 74 valence electrons. The van der Waals surface area contributed by atoms with Gasteiger partial charge in [0.15, 0.2) is 0 Å². The number of carboxylic acids is 1. The molecule has 1 aromatic rings. The number of carboxylic acid groups (broad SMARTS) is 1. The second-order valence-electron chi connectivity index (χ2n) is 2.91. The summed E-state index contributed by atoms with van der Waals surface area (Å²) in [7, 11) is 0. The van der Waals surface area contributed by atoms with E-state index < -0.39 is 11.5 Å². The van der Waals surface area contributed by atoms with E-state index in [2.05, 4.69) is 22.3 Å². The lowest BCUT2D eigenvalue weighted by molar-refractivity contribution is -0.141. The number of aromatic nitrogens is 2. The lowest BCUT2D eigenvalue weighted by Gasteiger charge is -2.17. The second kappa shape index (κ2) is 3.91. The second-order valence-corrected chi connectivity index (χ2v) is 2.91. The van der Waals surface area contributed by atoms with Gasteiger partial charge in [0.2, 0.25) is 0 Å². The zero-order chi connectivity index (χ0) is 10.6. The maximum absolute atomic E-state index is 10.9. The highest BCUT2D eigenvalue weighted by molar-refractivity contribution is 5.81. The molecule has 0 amide bonds. The molecule has 0 aromatic carbocycles. The van der Waals surface area contributed by atoms with Gasteiger partial charge in [0.1, 0.15) is 11.4 Å². The molecule has 1 rings (SSSR count). The first kappa shape index (κ1) is 10.2. The van der Waals surface area contributed by atoms with Crippen LogP contribution in [0.25, 0.3) is 0 Å². The molecule has 0 spiro atoms. The van der Waals surface area contributed by atoms with Crippen molar-refractivity contribution in [3.8, 4) is 0 Å². The molecule has 0 aliphatic rings. The van der Waals surface area contributed by atoms with Crippen LogP contribution in [0.4, 0.5) is 0 Å². The summed E-state index contributed by atoms with van der Waals surface area (Å²) in [5.74, 6) is -0.619. The molecule has 0 fully saturated rings. The Balaban J connectivity index is 2.90. The largest absolute Gasteiger partial charge is 0.480 e. The normalized spacial score (nSPS) is 14.1. The van der Waals surface area contributed by atoms with E-state index in [4.69, 9.17) is 10.8 Å². The van der Waals surface area contributed by atoms with Crippen LogP contribution in [-0.4, -0.2) is 26.6 Å². The van der Waals surface area contributed by atoms with Gasteiger partial charge in [-0.25, -0.2) is 9.78 Å². The Morgan fingerprint density at radius 2 is 2.64 bits per heavy atom. The predicted molar refractivity (Wildman–Crippen MR) is 50.6 cm³/mol. The number of aromatic amines is 1. The highest BCUT2D eigenvalue weighted by Crippen LogP contribution is 2.09. The lowest BCUT2D eigenvalue weighted by atomic mass is 9.96. The predicted octanol–water partition coefficient (Wildman–Crippen LogP) is 0.0754. The van der Waals surface area contributed by atoms with Crippen molar-refractivity contribution >= 4 is 5.97 Å². The molecule has 0 aliphatic carbocycles. The molecule has 1 atom stereocenters. The Bertz CT molecular complexity index is 361. The molecule has 1 heterocycles. The summed E-state index contributed by atoms with van der Waals surface area (Å²) in [4.78, 5) is 17.6. The average molecular weight is 193 g/mol. The van der Waals surface area contributed by atoms with E-state index in [1.54, 1.807) is 6.20 Å². The van der Waals surface area contributed by atoms with Crippen LogP contribution in [0.1, 0.15) is 5.82 Å². The molecule has 1 unspecified atom stereocenters. The molecule has 14 heavy (non-hydrogen) atoms. The molecule has 4 N–H and O–H groups in total. The molecule has 0 saturated carbocycles. The highest BCUT2D eigenvalue weighted by Gasteiger charge is 2.32. The third-order valence-corrected chi connectivity index (χ3v) is 1.77. The number of aliphatic carboxylic acids is 1. The Hall–Kier alpha value is -1.84. The van der Waals surface area contributed by atoms with E-state index in [0.29, 0.717) is 5.82 Å². The summed E-state index contributed by atoms with van der Waals surface area (Å²) in [6.07, 6.45) is 4.44. The van der Waals surface area contributed by atoms with Crippen LogP contribution in [-0.2, 0) is 11.2 Å². The van der Waals surface area contributed by atoms with Crippen LogP contribution < -0.4 is 5.73 Å². The molecular formula is C9H11N3O2. The fraction of sp³-hybridized carbons (Fsp3) is 0.222. The fourth-order valence-electron chi connectivity index (χ4n) is 1.04. The van der Waals surface area contributed by atoms with Crippen molar-refractivity contribution in [2.45, 2.75) is 12.0 Å². The number of hydrogen-bond donors (Lipinski definition) is 3. The van der Waals surface area contributed by atoms with Gasteiger partial charge < -0.3 is 15.8 Å². The standard InChI is InChI=1S/C9H11N3O2/c1-2-3-9(10,8(13)14)6-7-11-4-5-12-7/h3-5H,1,6,10H2,(H,11,12)(H,13,14). The highest BCUT2D eigenvalue weighted by atomic mass is 16.4. The van der Waals surface area contributed by atoms with E-state index in [9.17, 15) is 4.79 Å². The summed E-state index contributed by atoms with van der Waals surface area (Å²) in [5, 5.41) is 8.90. The molecular weight excluding hydrogens is 182 g/mol. The van der Waals surface area contributed by atoms with Gasteiger partial charge in [0, 0.05) is 18.8 Å². The maximum atomic E-state index is 10.9. The number of nitrogens with zero attached hydrogens (tertiary/aromatic N) is 1. The van der Waals surface area contributed by atoms with Crippen LogP contribution in [0.2, 0.25) is 0 Å². The molecule has 0 radical (unpaired) electrons. The van der Waals surface area contributed by atoms with Crippen LogP contribution in [0.5, 0.6) is 0 Å². The number of nitrogens with one attached hydrogen (secondary N) is 1. The minimum atomic E-state index is -1.50. The number of nitrogens with two attached hydrogens (primary N) is 1. The summed E-state index contributed by atoms with van der Waals surface area (Å²) >= 11 is 0. The Morgan fingerprint density at radius 1 is 1.93 bits per heavy atom. The van der Waals surface area contributed by atoms with E-state index in [1.165, 1.54) is 12.3 Å². The lowest BCUT2D eigenvalue weighted by Crippen LogP contribution is -2.48. The smallest absolute Gasteiger partial charge is 0.328 e. The number of carbonyl (C=O) groups is 1. The molecule has 1 aromatic heterocycles. The van der Waals surface area contributed by atoms with Gasteiger partial charge in [-0.05, 0) is 6.08 Å². The van der Waals surface area contributed by atoms with E-state index >= 15 is 0 Å². The van der Waals surface area contributed by atoms with Crippen molar-refractivity contribution in [3.05, 3.63) is 36.6 Å². The van der Waals surface area contributed by atoms with Crippen LogP contribution in [0.3, 0.4) is 0 Å². The molecule has 0 bridgehead atoms. The zero-order valence-corrected chi connectivity index (χ0v) is 7.53. The molecule has 5 heteroatoms. The zero-order valence-electron chi connectivity index (χ0n) is 7.53. The van der Waals surface area contributed by atoms with Gasteiger partial charge in [0.25, 0.3) is 0 Å². The summed E-state index contributed by atoms with van der Waals surface area (Å²) in [5.41, 5.74) is 6.50. The first-order chi connectivity index (χ1) is 6.58. The Labute approximate surface area is 81.0 Å². The number of hydrogen-bond acceptors (Lipinski definition) is 3. The number of rotatable bonds is 4. The molecule has 5 nitrogen and oxygen atoms in total. The van der Waals surface area contributed by atoms with E-state index in [1.807, 2.05) is 0 Å². The summed E-state index contributed by atoms with van der Waals surface area (Å²) in [6, 6.07) is 0. The molecule has 0 saturated heterocycles. The van der Waals surface area contributed by atoms with Crippen molar-refractivity contribution < 1.29 is 9.90 Å². The van der Waals surface area contributed by atoms with Gasteiger partial charge in [0.05, 0.1) is 0 Å². The minimum Gasteiger partial charge on any atom is -0.480 e. The third-order valence-electron chi connectivity index (χ3n) is 1.77. The van der Waals surface area contributed by atoms with Crippen molar-refractivity contribution in [2.75, 3.05) is 0 Å². The first-order valence-electron chi connectivity index (χ1n) is 3.96. The minimum absolute atomic E-state index is 0.0812. The van der Waals surface area contributed by atoms with Crippen molar-refractivity contribution in [3.63, 3.8) is 0 Å². The van der Waals surface area contributed by atoms with Crippen LogP contribution in [0.15, 0.2) is 30.8 Å². The van der Waals surface area contributed by atoms with Gasteiger partial charge >= 0.3 is 5.97 Å². The van der Waals surface area contributed by atoms with Crippen molar-refractivity contribution in [1.82, 2.24) is 9.97 Å². The summed E-state index contributed by atoms with van der Waals surface area (Å²) in [6.45, 7) is 3.30. The maximum Gasteiger partial charge on any atom is 0.328 e.